The average molecular weight is 559 g/mol. The molecule has 2 heteroatoms. The topological polar surface area (TPSA) is 9.34 Å². The van der Waals surface area contributed by atoms with Crippen molar-refractivity contribution in [1.82, 2.24) is 8.97 Å². The highest BCUT2D eigenvalue weighted by Gasteiger charge is 2.22. The van der Waals surface area contributed by atoms with Gasteiger partial charge in [-0.3, -0.25) is 0 Å². The summed E-state index contributed by atoms with van der Waals surface area (Å²) in [4.78, 5) is 0. The molecule has 0 aliphatic heterocycles. The number of rotatable bonds is 3. The summed E-state index contributed by atoms with van der Waals surface area (Å²) >= 11 is 0. The lowest BCUT2D eigenvalue weighted by atomic mass is 9.98. The molecule has 3 heterocycles. The normalized spacial score (nSPS) is 12.1. The van der Waals surface area contributed by atoms with E-state index in [1.54, 1.807) is 0 Å². The van der Waals surface area contributed by atoms with Crippen LogP contribution in [-0.4, -0.2) is 8.97 Å². The fraction of sp³-hybridized carbons (Fsp3) is 0. The first-order chi connectivity index (χ1) is 21.9. The second-order valence-corrected chi connectivity index (χ2v) is 11.7. The summed E-state index contributed by atoms with van der Waals surface area (Å²) in [7, 11) is 0. The third-order valence-corrected chi connectivity index (χ3v) is 9.44. The van der Waals surface area contributed by atoms with Gasteiger partial charge in [0.2, 0.25) is 0 Å². The number of nitrogens with zero attached hydrogens (tertiary/aromatic N) is 2. The highest BCUT2D eigenvalue weighted by molar-refractivity contribution is 6.26. The molecule has 7 aromatic carbocycles. The molecule has 0 N–H and O–H groups in total. The molecular formula is C42H26N2. The third kappa shape index (κ3) is 3.09. The van der Waals surface area contributed by atoms with Crippen LogP contribution in [0.15, 0.2) is 158 Å². The summed E-state index contributed by atoms with van der Waals surface area (Å²) < 4.78 is 4.98. The molecule has 204 valence electrons. The molecule has 0 radical (unpaired) electrons. The fourth-order valence-electron chi connectivity index (χ4n) is 7.65. The minimum Gasteiger partial charge on any atom is -0.309 e. The van der Waals surface area contributed by atoms with Crippen LogP contribution in [0.25, 0.3) is 87.8 Å². The summed E-state index contributed by atoms with van der Waals surface area (Å²) in [6.07, 6.45) is 0. The van der Waals surface area contributed by atoms with Crippen molar-refractivity contribution in [3.05, 3.63) is 158 Å². The van der Waals surface area contributed by atoms with E-state index in [1.807, 2.05) is 0 Å². The molecular weight excluding hydrogens is 532 g/mol. The number of benzene rings is 7. The number of aromatic nitrogens is 2. The van der Waals surface area contributed by atoms with Crippen molar-refractivity contribution in [2.75, 3.05) is 0 Å². The van der Waals surface area contributed by atoms with Crippen LogP contribution < -0.4 is 0 Å². The molecule has 0 unspecified atom stereocenters. The van der Waals surface area contributed by atoms with Crippen molar-refractivity contribution in [1.29, 1.82) is 0 Å². The van der Waals surface area contributed by atoms with Crippen LogP contribution in [0.5, 0.6) is 0 Å². The van der Waals surface area contributed by atoms with Gasteiger partial charge in [0.15, 0.2) is 0 Å². The lowest BCUT2D eigenvalue weighted by Gasteiger charge is -2.14. The number of hydrogen-bond donors (Lipinski definition) is 0. The fourth-order valence-corrected chi connectivity index (χ4v) is 7.65. The van der Waals surface area contributed by atoms with Crippen molar-refractivity contribution in [3.8, 4) is 27.9 Å². The molecule has 44 heavy (non-hydrogen) atoms. The second kappa shape index (κ2) is 8.82. The van der Waals surface area contributed by atoms with Crippen LogP contribution in [0.2, 0.25) is 0 Å². The summed E-state index contributed by atoms with van der Waals surface area (Å²) in [6.45, 7) is 0. The first-order valence-corrected chi connectivity index (χ1v) is 15.2. The smallest absolute Gasteiger partial charge is 0.0620 e. The largest absolute Gasteiger partial charge is 0.309 e. The van der Waals surface area contributed by atoms with E-state index < -0.39 is 0 Å². The minimum absolute atomic E-state index is 1.16. The van der Waals surface area contributed by atoms with Gasteiger partial charge in [-0.15, -0.1) is 0 Å². The molecule has 2 nitrogen and oxygen atoms in total. The molecule has 0 saturated carbocycles. The van der Waals surface area contributed by atoms with Gasteiger partial charge in [0.1, 0.15) is 0 Å². The van der Waals surface area contributed by atoms with E-state index in [9.17, 15) is 0 Å². The lowest BCUT2D eigenvalue weighted by Crippen LogP contribution is -1.96. The average Bonchev–Trinajstić information content (AvgIpc) is 3.74. The summed E-state index contributed by atoms with van der Waals surface area (Å²) in [6, 6.07) is 57.6. The summed E-state index contributed by atoms with van der Waals surface area (Å²) in [5.41, 5.74) is 12.3. The van der Waals surface area contributed by atoms with Crippen molar-refractivity contribution in [2.24, 2.45) is 0 Å². The van der Waals surface area contributed by atoms with Gasteiger partial charge in [-0.1, -0.05) is 133 Å². The van der Waals surface area contributed by atoms with Gasteiger partial charge in [-0.05, 0) is 35.4 Å². The van der Waals surface area contributed by atoms with E-state index in [4.69, 9.17) is 0 Å². The predicted octanol–water partition coefficient (Wildman–Crippen LogP) is 11.3. The molecule has 0 amide bonds. The van der Waals surface area contributed by atoms with Gasteiger partial charge in [0.05, 0.1) is 27.6 Å². The van der Waals surface area contributed by atoms with Gasteiger partial charge in [0.25, 0.3) is 0 Å². The highest BCUT2D eigenvalue weighted by Crippen LogP contribution is 2.45. The maximum atomic E-state index is 2.51. The quantitative estimate of drug-likeness (QED) is 0.204. The third-order valence-electron chi connectivity index (χ3n) is 9.44. The van der Waals surface area contributed by atoms with E-state index in [0.717, 1.165) is 5.69 Å². The Morgan fingerprint density at radius 3 is 1.59 bits per heavy atom. The van der Waals surface area contributed by atoms with Crippen LogP contribution in [0.1, 0.15) is 0 Å². The van der Waals surface area contributed by atoms with E-state index in [0.29, 0.717) is 0 Å². The summed E-state index contributed by atoms with van der Waals surface area (Å²) in [5, 5.41) is 7.73. The van der Waals surface area contributed by atoms with E-state index >= 15 is 0 Å². The maximum Gasteiger partial charge on any atom is 0.0620 e. The Bertz CT molecular complexity index is 2710. The highest BCUT2D eigenvalue weighted by atomic mass is 15.0. The molecule has 0 bridgehead atoms. The molecule has 0 spiro atoms. The van der Waals surface area contributed by atoms with E-state index in [2.05, 4.69) is 167 Å². The summed E-state index contributed by atoms with van der Waals surface area (Å²) in [5.74, 6) is 0. The van der Waals surface area contributed by atoms with Crippen LogP contribution in [0.4, 0.5) is 0 Å². The SMILES string of the molecule is c1ccc(-c2cccc(-n3c4ccccc4c4cccc(-c5cccc6c7cccc8c9ccccc9n(c56)c87)c43)c2)cc1. The number of fused-ring (bicyclic) bond motifs is 9. The molecule has 0 atom stereocenters. The van der Waals surface area contributed by atoms with Gasteiger partial charge in [0, 0.05) is 49.1 Å². The Hall–Kier alpha value is -5.86. The van der Waals surface area contributed by atoms with Crippen LogP contribution in [-0.2, 0) is 0 Å². The Morgan fingerprint density at radius 2 is 0.818 bits per heavy atom. The lowest BCUT2D eigenvalue weighted by molar-refractivity contribution is 1.18. The first-order valence-electron chi connectivity index (χ1n) is 15.2. The standard InChI is InChI=1S/C42H26N2/c1-2-12-27(13-3-1)28-14-8-15-29(26-28)43-38-24-6-4-16-30(38)32-18-9-20-34(40(32)43)35-22-11-23-37-36-21-10-19-33-31-17-5-7-25-39(31)44(41(33)36)42(35)37/h1-26H. The molecule has 10 rings (SSSR count). The Labute approximate surface area is 254 Å². The monoisotopic (exact) mass is 558 g/mol. The van der Waals surface area contributed by atoms with Crippen LogP contribution in [0, 0.1) is 0 Å². The number of para-hydroxylation sites is 5. The van der Waals surface area contributed by atoms with Crippen molar-refractivity contribution in [3.63, 3.8) is 0 Å². The van der Waals surface area contributed by atoms with Gasteiger partial charge < -0.3 is 8.97 Å². The zero-order valence-electron chi connectivity index (χ0n) is 23.9. The van der Waals surface area contributed by atoms with Crippen molar-refractivity contribution >= 4 is 59.9 Å². The molecule has 0 saturated heterocycles. The molecule has 0 aliphatic rings. The van der Waals surface area contributed by atoms with Gasteiger partial charge in [-0.2, -0.15) is 0 Å². The second-order valence-electron chi connectivity index (χ2n) is 11.7. The van der Waals surface area contributed by atoms with Crippen LogP contribution >= 0.6 is 0 Å². The minimum atomic E-state index is 1.16. The Kier molecular flexibility index (Phi) is 4.75. The molecule has 0 aliphatic carbocycles. The van der Waals surface area contributed by atoms with Gasteiger partial charge >= 0.3 is 0 Å². The van der Waals surface area contributed by atoms with E-state index in [-0.39, 0.29) is 0 Å². The zero-order valence-corrected chi connectivity index (χ0v) is 23.9. The molecule has 0 fully saturated rings. The van der Waals surface area contributed by atoms with E-state index in [1.165, 1.54) is 82.2 Å². The van der Waals surface area contributed by atoms with Crippen LogP contribution in [0.3, 0.4) is 0 Å². The maximum absolute atomic E-state index is 2.51. The van der Waals surface area contributed by atoms with Crippen molar-refractivity contribution < 1.29 is 0 Å². The van der Waals surface area contributed by atoms with Crippen molar-refractivity contribution in [2.45, 2.75) is 0 Å². The Morgan fingerprint density at radius 1 is 0.318 bits per heavy atom. The molecule has 10 aromatic rings. The molecule has 3 aromatic heterocycles. The Balaban J connectivity index is 1.36. The zero-order chi connectivity index (χ0) is 28.8. The first kappa shape index (κ1) is 23.7. The van der Waals surface area contributed by atoms with Gasteiger partial charge in [-0.25, -0.2) is 0 Å². The number of hydrogen-bond acceptors (Lipinski definition) is 0. The predicted molar refractivity (Wildman–Crippen MR) is 186 cm³/mol.